The van der Waals surface area contributed by atoms with Crippen LogP contribution in [0.15, 0.2) is 48.7 Å². The highest BCUT2D eigenvalue weighted by Gasteiger charge is 2.10. The Bertz CT molecular complexity index is 811. The summed E-state index contributed by atoms with van der Waals surface area (Å²) >= 11 is 0. The number of hydrogen-bond acceptors (Lipinski definition) is 5. The molecule has 0 saturated heterocycles. The monoisotopic (exact) mass is 298 g/mol. The number of carbonyl (C=O) groups excluding carboxylic acids is 1. The van der Waals surface area contributed by atoms with E-state index >= 15 is 0 Å². The van der Waals surface area contributed by atoms with Crippen LogP contribution in [0.4, 0.5) is 10.5 Å². The third kappa shape index (κ3) is 2.78. The van der Waals surface area contributed by atoms with Gasteiger partial charge in [-0.3, -0.25) is 4.40 Å². The lowest BCUT2D eigenvalue weighted by atomic mass is 10.3. The van der Waals surface area contributed by atoms with Crippen LogP contribution in [-0.4, -0.2) is 22.5 Å². The van der Waals surface area contributed by atoms with Crippen molar-refractivity contribution >= 4 is 17.4 Å². The van der Waals surface area contributed by atoms with E-state index in [0.29, 0.717) is 23.0 Å². The molecule has 0 radical (unpaired) electrons. The molecule has 0 aliphatic heterocycles. The summed E-state index contributed by atoms with van der Waals surface area (Å²) in [7, 11) is 1.48. The average molecular weight is 298 g/mol. The van der Waals surface area contributed by atoms with Gasteiger partial charge in [0, 0.05) is 12.7 Å². The molecule has 0 atom stereocenters. The molecule has 0 spiro atoms. The van der Waals surface area contributed by atoms with Gasteiger partial charge in [0.1, 0.15) is 11.4 Å². The second-order valence-electron chi connectivity index (χ2n) is 4.48. The van der Waals surface area contributed by atoms with E-state index in [-0.39, 0.29) is 5.88 Å². The van der Waals surface area contributed by atoms with Gasteiger partial charge >= 0.3 is 6.09 Å². The molecule has 1 amide bonds. The lowest BCUT2D eigenvalue weighted by molar-refractivity contribution is 0.201. The van der Waals surface area contributed by atoms with E-state index in [2.05, 4.69) is 10.3 Å². The van der Waals surface area contributed by atoms with Crippen molar-refractivity contribution in [2.24, 2.45) is 0 Å². The number of fused-ring (bicyclic) bond motifs is 1. The van der Waals surface area contributed by atoms with Gasteiger partial charge in [0.25, 0.3) is 0 Å². The minimum absolute atomic E-state index is 0.188. The van der Waals surface area contributed by atoms with Gasteiger partial charge < -0.3 is 20.5 Å². The van der Waals surface area contributed by atoms with E-state index in [4.69, 9.17) is 15.2 Å². The first-order valence-corrected chi connectivity index (χ1v) is 6.57. The number of amides is 1. The van der Waals surface area contributed by atoms with E-state index in [1.807, 2.05) is 0 Å². The summed E-state index contributed by atoms with van der Waals surface area (Å²) in [5, 5.41) is 2.36. The molecule has 0 unspecified atom stereocenters. The number of hydrogen-bond donors (Lipinski definition) is 2. The first-order valence-electron chi connectivity index (χ1n) is 6.57. The third-order valence-electron chi connectivity index (χ3n) is 2.94. The zero-order valence-electron chi connectivity index (χ0n) is 11.8. The van der Waals surface area contributed by atoms with Crippen molar-refractivity contribution in [3.63, 3.8) is 0 Å². The molecule has 2 heterocycles. The fourth-order valence-corrected chi connectivity index (χ4v) is 1.90. The molecule has 22 heavy (non-hydrogen) atoms. The van der Waals surface area contributed by atoms with Crippen molar-refractivity contribution in [1.29, 1.82) is 0 Å². The van der Waals surface area contributed by atoms with Crippen molar-refractivity contribution in [1.82, 2.24) is 14.7 Å². The highest BCUT2D eigenvalue weighted by atomic mass is 16.6. The topological polar surface area (TPSA) is 90.9 Å². The molecule has 2 aromatic heterocycles. The van der Waals surface area contributed by atoms with Gasteiger partial charge in [0.2, 0.25) is 11.8 Å². The van der Waals surface area contributed by atoms with Crippen LogP contribution >= 0.6 is 0 Å². The predicted molar refractivity (Wildman–Crippen MR) is 81.2 cm³/mol. The van der Waals surface area contributed by atoms with Crippen LogP contribution in [0.2, 0.25) is 0 Å². The predicted octanol–water partition coefficient (Wildman–Crippen LogP) is 2.43. The number of ether oxygens (including phenoxy) is 2. The fraction of sp³-hybridized carbons (Fsp3) is 0.0667. The number of nitrogens with one attached hydrogen (secondary N) is 1. The van der Waals surface area contributed by atoms with Crippen LogP contribution in [0, 0.1) is 0 Å². The Balaban J connectivity index is 1.92. The Morgan fingerprint density at radius 3 is 2.73 bits per heavy atom. The van der Waals surface area contributed by atoms with Gasteiger partial charge in [-0.25, -0.2) is 4.79 Å². The second kappa shape index (κ2) is 5.65. The number of carbonyl (C=O) groups is 1. The molecule has 3 rings (SSSR count). The Kier molecular flexibility index (Phi) is 3.53. The Morgan fingerprint density at radius 1 is 1.23 bits per heavy atom. The van der Waals surface area contributed by atoms with E-state index in [1.54, 1.807) is 53.1 Å². The first-order chi connectivity index (χ1) is 10.7. The summed E-state index contributed by atoms with van der Waals surface area (Å²) in [6, 6.07) is 12.4. The molecule has 7 nitrogen and oxygen atoms in total. The number of nitrogen functional groups attached to an aromatic ring is 1. The number of nitrogens with two attached hydrogens (primary N) is 1. The minimum Gasteiger partial charge on any atom is -0.440 e. The summed E-state index contributed by atoms with van der Waals surface area (Å²) < 4.78 is 12.5. The minimum atomic E-state index is -0.579. The molecule has 112 valence electrons. The SMILES string of the molecule is CNC(=O)Oc1cn2c(Oc3ccc(N)cc3)cccc2n1. The van der Waals surface area contributed by atoms with Crippen LogP contribution in [-0.2, 0) is 0 Å². The molecular weight excluding hydrogens is 284 g/mol. The van der Waals surface area contributed by atoms with Crippen molar-refractivity contribution in [2.45, 2.75) is 0 Å². The number of anilines is 1. The first kappa shape index (κ1) is 13.7. The molecule has 3 N–H and O–H groups in total. The Labute approximate surface area is 126 Å². The smallest absolute Gasteiger partial charge is 0.413 e. The number of imidazole rings is 1. The second-order valence-corrected chi connectivity index (χ2v) is 4.48. The summed E-state index contributed by atoms with van der Waals surface area (Å²) in [5.74, 6) is 1.37. The van der Waals surface area contributed by atoms with Crippen molar-refractivity contribution in [3.8, 4) is 17.5 Å². The largest absolute Gasteiger partial charge is 0.440 e. The number of aromatic nitrogens is 2. The van der Waals surface area contributed by atoms with Gasteiger partial charge in [-0.2, -0.15) is 4.98 Å². The maximum absolute atomic E-state index is 11.2. The lowest BCUT2D eigenvalue weighted by Crippen LogP contribution is -2.22. The number of benzene rings is 1. The highest BCUT2D eigenvalue weighted by Crippen LogP contribution is 2.25. The molecule has 0 aliphatic carbocycles. The van der Waals surface area contributed by atoms with Gasteiger partial charge in [-0.1, -0.05) is 6.07 Å². The molecule has 0 aliphatic rings. The van der Waals surface area contributed by atoms with Gasteiger partial charge in [0.15, 0.2) is 0 Å². The molecule has 7 heteroatoms. The summed E-state index contributed by atoms with van der Waals surface area (Å²) in [6.07, 6.45) is 1.00. The van der Waals surface area contributed by atoms with Crippen LogP contribution in [0.1, 0.15) is 0 Å². The van der Waals surface area contributed by atoms with E-state index < -0.39 is 6.09 Å². The number of rotatable bonds is 3. The fourth-order valence-electron chi connectivity index (χ4n) is 1.90. The molecular formula is C15H14N4O3. The van der Waals surface area contributed by atoms with Gasteiger partial charge in [-0.15, -0.1) is 0 Å². The highest BCUT2D eigenvalue weighted by molar-refractivity contribution is 5.69. The molecule has 0 saturated carbocycles. The molecule has 0 fully saturated rings. The van der Waals surface area contributed by atoms with Crippen molar-refractivity contribution < 1.29 is 14.3 Å². The Morgan fingerprint density at radius 2 is 2.00 bits per heavy atom. The standard InChI is InChI=1S/C15H14N4O3/c1-17-15(20)22-13-9-19-12(18-13)3-2-4-14(19)21-11-7-5-10(16)6-8-11/h2-9H,16H2,1H3,(H,17,20). The van der Waals surface area contributed by atoms with Gasteiger partial charge in [0.05, 0.1) is 6.20 Å². The normalized spacial score (nSPS) is 10.4. The van der Waals surface area contributed by atoms with E-state index in [0.717, 1.165) is 0 Å². The zero-order valence-corrected chi connectivity index (χ0v) is 11.8. The average Bonchev–Trinajstić information content (AvgIpc) is 2.93. The maximum atomic E-state index is 11.2. The molecule has 0 bridgehead atoms. The molecule has 1 aromatic carbocycles. The third-order valence-corrected chi connectivity index (χ3v) is 2.94. The van der Waals surface area contributed by atoms with Crippen LogP contribution < -0.4 is 20.5 Å². The summed E-state index contributed by atoms with van der Waals surface area (Å²) in [4.78, 5) is 15.4. The van der Waals surface area contributed by atoms with Gasteiger partial charge in [-0.05, 0) is 36.4 Å². The Hall–Kier alpha value is -3.22. The summed E-state index contributed by atoms with van der Waals surface area (Å²) in [6.45, 7) is 0. The van der Waals surface area contributed by atoms with E-state index in [9.17, 15) is 4.79 Å². The van der Waals surface area contributed by atoms with Crippen molar-refractivity contribution in [2.75, 3.05) is 12.8 Å². The van der Waals surface area contributed by atoms with Crippen LogP contribution in [0.25, 0.3) is 5.65 Å². The van der Waals surface area contributed by atoms with Crippen molar-refractivity contribution in [3.05, 3.63) is 48.7 Å². The molecule has 3 aromatic rings. The number of nitrogens with zero attached hydrogens (tertiary/aromatic N) is 2. The van der Waals surface area contributed by atoms with E-state index in [1.165, 1.54) is 7.05 Å². The lowest BCUT2D eigenvalue weighted by Gasteiger charge is -2.07. The number of pyridine rings is 1. The zero-order chi connectivity index (χ0) is 15.5. The van der Waals surface area contributed by atoms with Crippen LogP contribution in [0.5, 0.6) is 17.5 Å². The summed E-state index contributed by atoms with van der Waals surface area (Å²) in [5.41, 5.74) is 6.91. The van der Waals surface area contributed by atoms with Crippen LogP contribution in [0.3, 0.4) is 0 Å². The maximum Gasteiger partial charge on any atom is 0.413 e. The quantitative estimate of drug-likeness (QED) is 0.725.